The van der Waals surface area contributed by atoms with E-state index in [0.29, 0.717) is 17.9 Å². The molecule has 0 unspecified atom stereocenters. The monoisotopic (exact) mass is 521 g/mol. The fraction of sp³-hybridized carbons (Fsp3) is 0.292. The third kappa shape index (κ3) is 3.93. The second-order valence-electron chi connectivity index (χ2n) is 8.17. The number of methoxy groups -OCH3 is 1. The molecule has 2 heterocycles. The van der Waals surface area contributed by atoms with Gasteiger partial charge in [0.1, 0.15) is 28.2 Å². The minimum absolute atomic E-state index is 0.0760. The van der Waals surface area contributed by atoms with E-state index in [1.54, 1.807) is 17.9 Å². The maximum atomic E-state index is 16.2. The number of hydrogen-bond acceptors (Lipinski definition) is 7. The summed E-state index contributed by atoms with van der Waals surface area (Å²) in [5.74, 6) is -2.02. The number of fused-ring (bicyclic) bond motifs is 2. The van der Waals surface area contributed by atoms with Gasteiger partial charge < -0.3 is 15.4 Å². The number of aromatic nitrogens is 2. The summed E-state index contributed by atoms with van der Waals surface area (Å²) in [5.41, 5.74) is 2.70. The molecular weight excluding hydrogens is 501 g/mol. The zero-order valence-electron chi connectivity index (χ0n) is 19.6. The van der Waals surface area contributed by atoms with Gasteiger partial charge in [-0.1, -0.05) is 6.07 Å². The van der Waals surface area contributed by atoms with Crippen molar-refractivity contribution < 1.29 is 26.7 Å². The predicted octanol–water partition coefficient (Wildman–Crippen LogP) is 6.51. The molecular formula is C24H20F5N5OS. The Bertz CT molecular complexity index is 1540. The summed E-state index contributed by atoms with van der Waals surface area (Å²) < 4.78 is 79.0. The first-order chi connectivity index (χ1) is 16.9. The van der Waals surface area contributed by atoms with Gasteiger partial charge >= 0.3 is 12.2 Å². The standard InChI is InChI=1S/C24H20F5N5OS/c1-5-34(10(2)3)22-12-8-14(24(27,28)29)17(18(26)19(12)32-23(33-22)35-4)11-6-7-15(25)20-16(11)13(9-30)21(31)36-20/h6-8,10H,5,31H2,1-4H3. The Labute approximate surface area is 206 Å². The molecule has 0 aliphatic rings. The highest BCUT2D eigenvalue weighted by Gasteiger charge is 2.38. The highest BCUT2D eigenvalue weighted by molar-refractivity contribution is 7.23. The zero-order chi connectivity index (χ0) is 26.5. The largest absolute Gasteiger partial charge is 0.467 e. The van der Waals surface area contributed by atoms with E-state index >= 15 is 4.39 Å². The number of rotatable bonds is 5. The van der Waals surface area contributed by atoms with Crippen LogP contribution in [0.25, 0.3) is 32.1 Å². The average molecular weight is 522 g/mol. The lowest BCUT2D eigenvalue weighted by Gasteiger charge is -2.28. The summed E-state index contributed by atoms with van der Waals surface area (Å²) in [5, 5.41) is 9.14. The summed E-state index contributed by atoms with van der Waals surface area (Å²) in [6.07, 6.45) is -5.01. The van der Waals surface area contributed by atoms with Gasteiger partial charge in [0.15, 0.2) is 5.82 Å². The fourth-order valence-electron chi connectivity index (χ4n) is 4.26. The van der Waals surface area contributed by atoms with Crippen LogP contribution < -0.4 is 15.4 Å². The molecule has 188 valence electrons. The second-order valence-corrected chi connectivity index (χ2v) is 9.23. The molecule has 2 aromatic heterocycles. The van der Waals surface area contributed by atoms with E-state index in [2.05, 4.69) is 9.97 Å². The van der Waals surface area contributed by atoms with Gasteiger partial charge in [-0.05, 0) is 38.5 Å². The van der Waals surface area contributed by atoms with Gasteiger partial charge in [0.25, 0.3) is 0 Å². The van der Waals surface area contributed by atoms with Crippen LogP contribution in [0.2, 0.25) is 0 Å². The van der Waals surface area contributed by atoms with Crippen molar-refractivity contribution in [2.75, 3.05) is 24.3 Å². The second kappa shape index (κ2) is 9.05. The minimum Gasteiger partial charge on any atom is -0.467 e. The molecule has 0 saturated carbocycles. The maximum absolute atomic E-state index is 16.2. The molecule has 0 spiro atoms. The Balaban J connectivity index is 2.23. The van der Waals surface area contributed by atoms with Crippen LogP contribution in [0.5, 0.6) is 6.01 Å². The van der Waals surface area contributed by atoms with Gasteiger partial charge in [-0.15, -0.1) is 11.3 Å². The molecule has 0 radical (unpaired) electrons. The van der Waals surface area contributed by atoms with Crippen LogP contribution in [0, 0.1) is 23.0 Å². The van der Waals surface area contributed by atoms with E-state index in [0.717, 1.165) is 18.2 Å². The van der Waals surface area contributed by atoms with Crippen LogP contribution in [0.15, 0.2) is 18.2 Å². The van der Waals surface area contributed by atoms with Crippen molar-refractivity contribution in [2.24, 2.45) is 0 Å². The first kappa shape index (κ1) is 25.4. The number of nitrogens with two attached hydrogens (primary N) is 1. The summed E-state index contributed by atoms with van der Waals surface area (Å²) in [6.45, 7) is 5.79. The van der Waals surface area contributed by atoms with Gasteiger partial charge in [-0.25, -0.2) is 8.78 Å². The number of halogens is 5. The molecule has 0 fully saturated rings. The van der Waals surface area contributed by atoms with Crippen molar-refractivity contribution in [3.63, 3.8) is 0 Å². The number of nitriles is 1. The molecule has 0 bridgehead atoms. The number of ether oxygens (including phenoxy) is 1. The number of hydrogen-bond donors (Lipinski definition) is 1. The Morgan fingerprint density at radius 2 is 1.92 bits per heavy atom. The number of alkyl halides is 3. The molecule has 0 aliphatic carbocycles. The fourth-order valence-corrected chi connectivity index (χ4v) is 5.21. The molecule has 4 aromatic rings. The molecule has 2 aromatic carbocycles. The summed E-state index contributed by atoms with van der Waals surface area (Å²) in [7, 11) is 1.26. The number of nitrogens with zero attached hydrogens (tertiary/aromatic N) is 4. The van der Waals surface area contributed by atoms with Crippen molar-refractivity contribution in [3.05, 3.63) is 41.0 Å². The van der Waals surface area contributed by atoms with Crippen molar-refractivity contribution >= 4 is 43.1 Å². The van der Waals surface area contributed by atoms with Crippen LogP contribution in [-0.4, -0.2) is 29.7 Å². The van der Waals surface area contributed by atoms with Crippen LogP contribution in [0.3, 0.4) is 0 Å². The molecule has 2 N–H and O–H groups in total. The molecule has 6 nitrogen and oxygen atoms in total. The third-order valence-corrected chi connectivity index (χ3v) is 6.84. The zero-order valence-corrected chi connectivity index (χ0v) is 20.4. The molecule has 0 amide bonds. The number of benzene rings is 2. The van der Waals surface area contributed by atoms with Gasteiger partial charge in [-0.2, -0.15) is 28.4 Å². The van der Waals surface area contributed by atoms with Crippen molar-refractivity contribution in [3.8, 4) is 23.2 Å². The first-order valence-corrected chi connectivity index (χ1v) is 11.6. The summed E-state index contributed by atoms with van der Waals surface area (Å²) >= 11 is 0.705. The van der Waals surface area contributed by atoms with Gasteiger partial charge in [0.2, 0.25) is 0 Å². The van der Waals surface area contributed by atoms with E-state index < -0.39 is 34.5 Å². The Kier molecular flexibility index (Phi) is 6.38. The quantitative estimate of drug-likeness (QED) is 0.302. The van der Waals surface area contributed by atoms with Crippen molar-refractivity contribution in [1.29, 1.82) is 5.26 Å². The lowest BCUT2D eigenvalue weighted by atomic mass is 9.92. The highest BCUT2D eigenvalue weighted by atomic mass is 32.1. The SMILES string of the molecule is CCN(c1nc(OC)nc2c(F)c(-c3ccc(F)c4sc(N)c(C#N)c34)c(C(F)(F)F)cc12)C(C)C. The lowest BCUT2D eigenvalue weighted by Crippen LogP contribution is -2.31. The topological polar surface area (TPSA) is 88.1 Å². The van der Waals surface area contributed by atoms with Gasteiger partial charge in [-0.3, -0.25) is 0 Å². The predicted molar refractivity (Wildman–Crippen MR) is 129 cm³/mol. The Morgan fingerprint density at radius 3 is 2.47 bits per heavy atom. The molecule has 36 heavy (non-hydrogen) atoms. The smallest absolute Gasteiger partial charge is 0.417 e. The minimum atomic E-state index is -5.01. The number of nitrogen functional groups attached to an aromatic ring is 1. The first-order valence-electron chi connectivity index (χ1n) is 10.8. The normalized spacial score (nSPS) is 11.9. The molecule has 0 aliphatic heterocycles. The Morgan fingerprint density at radius 1 is 1.22 bits per heavy atom. The van der Waals surface area contributed by atoms with Crippen molar-refractivity contribution in [1.82, 2.24) is 9.97 Å². The molecule has 0 atom stereocenters. The summed E-state index contributed by atoms with van der Waals surface area (Å²) in [6, 6.07) is 4.09. The molecule has 0 saturated heterocycles. The number of thiophene rings is 1. The Hall–Kier alpha value is -3.72. The van der Waals surface area contributed by atoms with Gasteiger partial charge in [0, 0.05) is 28.9 Å². The van der Waals surface area contributed by atoms with E-state index in [-0.39, 0.29) is 49.5 Å². The molecule has 12 heteroatoms. The van der Waals surface area contributed by atoms with Crippen molar-refractivity contribution in [2.45, 2.75) is 33.0 Å². The summed E-state index contributed by atoms with van der Waals surface area (Å²) in [4.78, 5) is 9.93. The maximum Gasteiger partial charge on any atom is 0.417 e. The van der Waals surface area contributed by atoms with E-state index in [1.165, 1.54) is 7.11 Å². The van der Waals surface area contributed by atoms with Crippen LogP contribution in [0.4, 0.5) is 32.8 Å². The average Bonchev–Trinajstić information content (AvgIpc) is 3.16. The van der Waals surface area contributed by atoms with Crippen LogP contribution in [0.1, 0.15) is 31.9 Å². The lowest BCUT2D eigenvalue weighted by molar-refractivity contribution is -0.137. The number of anilines is 2. The van der Waals surface area contributed by atoms with E-state index in [4.69, 9.17) is 10.5 Å². The van der Waals surface area contributed by atoms with Crippen LogP contribution in [-0.2, 0) is 6.18 Å². The van der Waals surface area contributed by atoms with Crippen LogP contribution >= 0.6 is 11.3 Å². The van der Waals surface area contributed by atoms with E-state index in [9.17, 15) is 22.8 Å². The van der Waals surface area contributed by atoms with E-state index in [1.807, 2.05) is 13.8 Å². The molecule has 4 rings (SSSR count). The third-order valence-electron chi connectivity index (χ3n) is 5.81. The highest BCUT2D eigenvalue weighted by Crippen LogP contribution is 2.48. The van der Waals surface area contributed by atoms with Gasteiger partial charge in [0.05, 0.1) is 22.9 Å².